The Morgan fingerprint density at radius 2 is 1.89 bits per heavy atom. The molecule has 0 radical (unpaired) electrons. The first kappa shape index (κ1) is 14.6. The Balaban J connectivity index is 2.64. The second-order valence-corrected chi connectivity index (χ2v) is 5.15. The van der Waals surface area contributed by atoms with Crippen LogP contribution in [0.4, 0.5) is 4.79 Å². The molecule has 0 atom stereocenters. The zero-order valence-electron chi connectivity index (χ0n) is 11.8. The minimum absolute atomic E-state index is 0.252. The van der Waals surface area contributed by atoms with Crippen LogP contribution in [0.2, 0.25) is 0 Å². The van der Waals surface area contributed by atoms with Gasteiger partial charge in [0.15, 0.2) is 0 Å². The number of ether oxygens (including phenoxy) is 1. The number of likely N-dealkylation sites (N-methyl/N-ethyl adjacent to an activating group) is 1. The number of nitrogens with zero attached hydrogens (tertiary/aromatic N) is 1. The molecule has 0 fully saturated rings. The molecule has 1 aromatic rings. The van der Waals surface area contributed by atoms with E-state index in [4.69, 9.17) is 4.74 Å². The number of benzene rings is 1. The molecule has 0 saturated carbocycles. The van der Waals surface area contributed by atoms with Crippen LogP contribution in [-0.2, 0) is 11.2 Å². The molecule has 1 aromatic carbocycles. The lowest BCUT2D eigenvalue weighted by atomic mass is 9.94. The SMILES string of the molecule is CCCOC(=O)N(C)C(C)(C)Cc1ccccc1. The maximum Gasteiger partial charge on any atom is 0.409 e. The summed E-state index contributed by atoms with van der Waals surface area (Å²) in [5, 5.41) is 0. The van der Waals surface area contributed by atoms with Crippen LogP contribution in [0, 0.1) is 0 Å². The molecule has 0 heterocycles. The van der Waals surface area contributed by atoms with Crippen LogP contribution in [0.3, 0.4) is 0 Å². The standard InChI is InChI=1S/C15H23NO2/c1-5-11-18-14(17)16(4)15(2,3)12-13-9-7-6-8-10-13/h6-10H,5,11-12H2,1-4H3. The van der Waals surface area contributed by atoms with Crippen molar-refractivity contribution in [1.29, 1.82) is 0 Å². The average Bonchev–Trinajstić information content (AvgIpc) is 2.35. The van der Waals surface area contributed by atoms with Gasteiger partial charge >= 0.3 is 6.09 Å². The van der Waals surface area contributed by atoms with Gasteiger partial charge in [-0.1, -0.05) is 37.3 Å². The van der Waals surface area contributed by atoms with Gasteiger partial charge in [-0.25, -0.2) is 4.79 Å². The van der Waals surface area contributed by atoms with Crippen molar-refractivity contribution in [1.82, 2.24) is 4.90 Å². The van der Waals surface area contributed by atoms with Crippen LogP contribution in [0.5, 0.6) is 0 Å². The summed E-state index contributed by atoms with van der Waals surface area (Å²) in [6.45, 7) is 6.56. The third-order valence-electron chi connectivity index (χ3n) is 3.09. The lowest BCUT2D eigenvalue weighted by molar-refractivity contribution is 0.0758. The first-order valence-corrected chi connectivity index (χ1v) is 6.42. The lowest BCUT2D eigenvalue weighted by Gasteiger charge is -2.35. The fourth-order valence-electron chi connectivity index (χ4n) is 1.75. The highest BCUT2D eigenvalue weighted by atomic mass is 16.6. The predicted molar refractivity (Wildman–Crippen MR) is 73.6 cm³/mol. The van der Waals surface area contributed by atoms with Crippen LogP contribution in [0.1, 0.15) is 32.8 Å². The molecule has 3 nitrogen and oxygen atoms in total. The van der Waals surface area contributed by atoms with Crippen molar-refractivity contribution in [3.8, 4) is 0 Å². The highest BCUT2D eigenvalue weighted by Gasteiger charge is 2.28. The predicted octanol–water partition coefficient (Wildman–Crippen LogP) is 3.49. The van der Waals surface area contributed by atoms with E-state index in [1.54, 1.807) is 11.9 Å². The van der Waals surface area contributed by atoms with Crippen molar-refractivity contribution < 1.29 is 9.53 Å². The monoisotopic (exact) mass is 249 g/mol. The largest absolute Gasteiger partial charge is 0.449 e. The van der Waals surface area contributed by atoms with Crippen LogP contribution < -0.4 is 0 Å². The minimum atomic E-state index is -0.258. The maximum absolute atomic E-state index is 11.8. The Hall–Kier alpha value is -1.51. The van der Waals surface area contributed by atoms with Gasteiger partial charge in [0, 0.05) is 12.6 Å². The summed E-state index contributed by atoms with van der Waals surface area (Å²) in [7, 11) is 1.79. The zero-order valence-corrected chi connectivity index (χ0v) is 11.8. The Kier molecular flexibility index (Phi) is 5.20. The molecule has 0 aliphatic rings. The van der Waals surface area contributed by atoms with Gasteiger partial charge in [-0.3, -0.25) is 0 Å². The molecule has 0 N–H and O–H groups in total. The second kappa shape index (κ2) is 6.43. The van der Waals surface area contributed by atoms with E-state index in [1.807, 2.05) is 39.0 Å². The fourth-order valence-corrected chi connectivity index (χ4v) is 1.75. The molecule has 0 aromatic heterocycles. The van der Waals surface area contributed by atoms with Crippen LogP contribution in [-0.4, -0.2) is 30.2 Å². The molecule has 0 saturated heterocycles. The summed E-state index contributed by atoms with van der Waals surface area (Å²) in [6.07, 6.45) is 1.40. The number of rotatable bonds is 5. The van der Waals surface area contributed by atoms with Crippen LogP contribution in [0.25, 0.3) is 0 Å². The highest BCUT2D eigenvalue weighted by molar-refractivity contribution is 5.68. The van der Waals surface area contributed by atoms with Crippen molar-refractivity contribution in [3.63, 3.8) is 0 Å². The summed E-state index contributed by atoms with van der Waals surface area (Å²) < 4.78 is 5.16. The van der Waals surface area contributed by atoms with Gasteiger partial charge in [0.1, 0.15) is 0 Å². The third kappa shape index (κ3) is 4.06. The normalized spacial score (nSPS) is 11.1. The number of carbonyl (C=O) groups is 1. The second-order valence-electron chi connectivity index (χ2n) is 5.15. The molecular formula is C15H23NO2. The maximum atomic E-state index is 11.8. The van der Waals surface area contributed by atoms with Gasteiger partial charge in [-0.2, -0.15) is 0 Å². The first-order valence-electron chi connectivity index (χ1n) is 6.42. The van der Waals surface area contributed by atoms with Crippen LogP contribution in [0.15, 0.2) is 30.3 Å². The fraction of sp³-hybridized carbons (Fsp3) is 0.533. The summed E-state index contributed by atoms with van der Waals surface area (Å²) in [4.78, 5) is 13.5. The Morgan fingerprint density at radius 3 is 2.44 bits per heavy atom. The van der Waals surface area contributed by atoms with Gasteiger partial charge in [0.25, 0.3) is 0 Å². The Bertz CT molecular complexity index is 373. The van der Waals surface area contributed by atoms with Crippen molar-refractivity contribution in [2.75, 3.05) is 13.7 Å². The summed E-state index contributed by atoms with van der Waals surface area (Å²) in [5.74, 6) is 0. The molecular weight excluding hydrogens is 226 g/mol. The van der Waals surface area contributed by atoms with Gasteiger partial charge in [-0.05, 0) is 32.3 Å². The van der Waals surface area contributed by atoms with E-state index in [0.29, 0.717) is 6.61 Å². The lowest BCUT2D eigenvalue weighted by Crippen LogP contribution is -2.46. The molecule has 1 rings (SSSR count). The van der Waals surface area contributed by atoms with E-state index in [-0.39, 0.29) is 11.6 Å². The number of hydrogen-bond acceptors (Lipinski definition) is 2. The molecule has 0 aliphatic heterocycles. The van der Waals surface area contributed by atoms with Crippen molar-refractivity contribution >= 4 is 6.09 Å². The Labute approximate surface area is 110 Å². The quantitative estimate of drug-likeness (QED) is 0.799. The molecule has 0 unspecified atom stereocenters. The van der Waals surface area contributed by atoms with Crippen LogP contribution >= 0.6 is 0 Å². The molecule has 0 aliphatic carbocycles. The molecule has 1 amide bonds. The van der Waals surface area contributed by atoms with E-state index in [2.05, 4.69) is 12.1 Å². The summed E-state index contributed by atoms with van der Waals surface area (Å²) in [5.41, 5.74) is 0.962. The third-order valence-corrected chi connectivity index (χ3v) is 3.09. The van der Waals surface area contributed by atoms with E-state index in [9.17, 15) is 4.79 Å². The van der Waals surface area contributed by atoms with Gasteiger partial charge in [0.2, 0.25) is 0 Å². The molecule has 0 spiro atoms. The highest BCUT2D eigenvalue weighted by Crippen LogP contribution is 2.19. The van der Waals surface area contributed by atoms with Gasteiger partial charge in [-0.15, -0.1) is 0 Å². The van der Waals surface area contributed by atoms with E-state index >= 15 is 0 Å². The number of amides is 1. The van der Waals surface area contributed by atoms with E-state index < -0.39 is 0 Å². The van der Waals surface area contributed by atoms with Crippen molar-refractivity contribution in [2.24, 2.45) is 0 Å². The molecule has 18 heavy (non-hydrogen) atoms. The average molecular weight is 249 g/mol. The van der Waals surface area contributed by atoms with Crippen molar-refractivity contribution in [2.45, 2.75) is 39.2 Å². The number of carbonyl (C=O) groups excluding carboxylic acids is 1. The minimum Gasteiger partial charge on any atom is -0.449 e. The Morgan fingerprint density at radius 1 is 1.28 bits per heavy atom. The summed E-state index contributed by atoms with van der Waals surface area (Å²) >= 11 is 0. The van der Waals surface area contributed by atoms with Gasteiger partial charge < -0.3 is 9.64 Å². The first-order chi connectivity index (χ1) is 8.47. The molecule has 3 heteroatoms. The van der Waals surface area contributed by atoms with E-state index in [0.717, 1.165) is 12.8 Å². The topological polar surface area (TPSA) is 29.5 Å². The number of hydrogen-bond donors (Lipinski definition) is 0. The van der Waals surface area contributed by atoms with Crippen molar-refractivity contribution in [3.05, 3.63) is 35.9 Å². The molecule has 0 bridgehead atoms. The molecule has 100 valence electrons. The smallest absolute Gasteiger partial charge is 0.409 e. The van der Waals surface area contributed by atoms with Gasteiger partial charge in [0.05, 0.1) is 6.61 Å². The van der Waals surface area contributed by atoms with E-state index in [1.165, 1.54) is 5.56 Å². The summed E-state index contributed by atoms with van der Waals surface area (Å²) in [6, 6.07) is 10.2. The zero-order chi connectivity index (χ0) is 13.6.